The van der Waals surface area contributed by atoms with E-state index >= 15 is 0 Å². The molecule has 0 spiro atoms. The van der Waals surface area contributed by atoms with Crippen LogP contribution in [-0.4, -0.2) is 38.1 Å². The zero-order valence-electron chi connectivity index (χ0n) is 22.4. The number of rotatable bonds is 15. The summed E-state index contributed by atoms with van der Waals surface area (Å²) >= 11 is 0. The lowest BCUT2D eigenvalue weighted by molar-refractivity contribution is -0.117. The monoisotopic (exact) mass is 527 g/mol. The Morgan fingerprint density at radius 2 is 1.51 bits per heavy atom. The summed E-state index contributed by atoms with van der Waals surface area (Å²) in [4.78, 5) is 18.1. The lowest BCUT2D eigenvalue weighted by Gasteiger charge is -2.32. The van der Waals surface area contributed by atoms with Crippen molar-refractivity contribution in [3.05, 3.63) is 48.5 Å². The number of unbranched alkanes of at least 4 members (excludes halogenated alkanes) is 9. The number of fused-ring (bicyclic) bond motifs is 1. The van der Waals surface area contributed by atoms with E-state index < -0.39 is 15.9 Å². The number of benzene rings is 2. The Bertz CT molecular complexity index is 1160. The third-order valence-corrected chi connectivity index (χ3v) is 8.63. The van der Waals surface area contributed by atoms with Crippen LogP contribution in [0.1, 0.15) is 78.1 Å². The highest BCUT2D eigenvalue weighted by molar-refractivity contribution is 7.90. The predicted molar refractivity (Wildman–Crippen MR) is 150 cm³/mol. The molecule has 8 heteroatoms. The van der Waals surface area contributed by atoms with Gasteiger partial charge in [-0.3, -0.25) is 9.10 Å². The average molecular weight is 528 g/mol. The molecular formula is C29H41N3O4S. The van der Waals surface area contributed by atoms with Crippen LogP contribution in [0.2, 0.25) is 0 Å². The van der Waals surface area contributed by atoms with Crippen molar-refractivity contribution >= 4 is 33.1 Å². The molecular weight excluding hydrogens is 486 g/mol. The van der Waals surface area contributed by atoms with Gasteiger partial charge in [-0.15, -0.1) is 0 Å². The standard InChI is InChI=1S/C29H41N3O4S/c1-4-5-6-7-8-9-10-11-12-17-22-32-28(30-25-19-14-16-21-27(25)37(32,34)35)23(2)29(33)31-24-18-13-15-20-26(24)36-3/h13-16,18-21,23H,4-12,17,22H2,1-3H3,(H,31,33). The van der Waals surface area contributed by atoms with Gasteiger partial charge in [0.05, 0.1) is 24.4 Å². The summed E-state index contributed by atoms with van der Waals surface area (Å²) in [6.45, 7) is 4.22. The van der Waals surface area contributed by atoms with Gasteiger partial charge in [0.2, 0.25) is 5.91 Å². The molecule has 1 unspecified atom stereocenters. The van der Waals surface area contributed by atoms with Crippen LogP contribution in [0, 0.1) is 5.92 Å². The van der Waals surface area contributed by atoms with Crippen LogP contribution in [0.25, 0.3) is 0 Å². The molecule has 0 saturated carbocycles. The second-order valence-electron chi connectivity index (χ2n) is 9.61. The molecule has 0 saturated heterocycles. The van der Waals surface area contributed by atoms with Crippen LogP contribution < -0.4 is 10.1 Å². The van der Waals surface area contributed by atoms with Crippen molar-refractivity contribution in [2.75, 3.05) is 19.0 Å². The molecule has 202 valence electrons. The van der Waals surface area contributed by atoms with E-state index in [9.17, 15) is 13.2 Å². The van der Waals surface area contributed by atoms with Gasteiger partial charge in [-0.05, 0) is 37.6 Å². The minimum Gasteiger partial charge on any atom is -0.495 e. The first kappa shape index (κ1) is 28.7. The molecule has 1 N–H and O–H groups in total. The highest BCUT2D eigenvalue weighted by Gasteiger charge is 2.38. The minimum atomic E-state index is -3.81. The molecule has 2 aromatic carbocycles. The van der Waals surface area contributed by atoms with E-state index in [2.05, 4.69) is 17.2 Å². The third kappa shape index (κ3) is 7.57. The molecule has 0 bridgehead atoms. The molecule has 3 rings (SSSR count). The number of carbonyl (C=O) groups excluding carboxylic acids is 1. The topological polar surface area (TPSA) is 88.1 Å². The van der Waals surface area contributed by atoms with Gasteiger partial charge >= 0.3 is 0 Å². The first-order valence-corrected chi connectivity index (χ1v) is 15.0. The second kappa shape index (κ2) is 14.2. The maximum Gasteiger partial charge on any atom is 0.267 e. The van der Waals surface area contributed by atoms with Crippen LogP contribution in [0.15, 0.2) is 58.4 Å². The number of nitrogens with zero attached hydrogens (tertiary/aromatic N) is 2. The molecule has 0 aromatic heterocycles. The lowest BCUT2D eigenvalue weighted by Crippen LogP contribution is -2.45. The van der Waals surface area contributed by atoms with E-state index in [1.54, 1.807) is 49.4 Å². The van der Waals surface area contributed by atoms with Crippen LogP contribution in [0.3, 0.4) is 0 Å². The second-order valence-corrected chi connectivity index (χ2v) is 11.4. The van der Waals surface area contributed by atoms with Crippen molar-refractivity contribution in [2.24, 2.45) is 10.9 Å². The number of amidine groups is 1. The largest absolute Gasteiger partial charge is 0.495 e. The van der Waals surface area contributed by atoms with E-state index in [0.29, 0.717) is 23.7 Å². The van der Waals surface area contributed by atoms with Crippen molar-refractivity contribution in [1.29, 1.82) is 0 Å². The van der Waals surface area contributed by atoms with Gasteiger partial charge in [0.1, 0.15) is 16.5 Å². The van der Waals surface area contributed by atoms with Crippen molar-refractivity contribution in [3.8, 4) is 5.75 Å². The van der Waals surface area contributed by atoms with Gasteiger partial charge in [0, 0.05) is 6.54 Å². The Kier molecular flexibility index (Phi) is 11.0. The summed E-state index contributed by atoms with van der Waals surface area (Å²) < 4.78 is 33.8. The smallest absolute Gasteiger partial charge is 0.267 e. The molecule has 0 aliphatic carbocycles. The van der Waals surface area contributed by atoms with E-state index in [1.165, 1.54) is 56.4 Å². The molecule has 2 aromatic rings. The number of aliphatic imine (C=N–C) groups is 1. The van der Waals surface area contributed by atoms with Gasteiger partial charge in [-0.25, -0.2) is 13.4 Å². The average Bonchev–Trinajstić information content (AvgIpc) is 2.90. The number of nitrogens with one attached hydrogen (secondary N) is 1. The number of hydrogen-bond donors (Lipinski definition) is 1. The minimum absolute atomic E-state index is 0.183. The number of amides is 1. The van der Waals surface area contributed by atoms with E-state index in [0.717, 1.165) is 19.3 Å². The van der Waals surface area contributed by atoms with Gasteiger partial charge in [-0.2, -0.15) is 0 Å². The number of sulfonamides is 1. The Labute approximate surface area is 222 Å². The molecule has 1 heterocycles. The van der Waals surface area contributed by atoms with E-state index in [1.807, 2.05) is 6.07 Å². The maximum atomic E-state index is 13.6. The van der Waals surface area contributed by atoms with Gasteiger partial charge in [0.25, 0.3) is 10.0 Å². The predicted octanol–water partition coefficient (Wildman–Crippen LogP) is 6.93. The number of anilines is 1. The summed E-state index contributed by atoms with van der Waals surface area (Å²) in [5, 5.41) is 2.87. The number of carbonyl (C=O) groups is 1. The van der Waals surface area contributed by atoms with Crippen LogP contribution in [-0.2, 0) is 14.8 Å². The maximum absolute atomic E-state index is 13.6. The quantitative estimate of drug-likeness (QED) is 0.255. The number of para-hydroxylation sites is 3. The van der Waals surface area contributed by atoms with Crippen LogP contribution in [0.5, 0.6) is 5.75 Å². The number of ether oxygens (including phenoxy) is 1. The lowest BCUT2D eigenvalue weighted by atomic mass is 10.1. The fraction of sp³-hybridized carbons (Fsp3) is 0.517. The molecule has 37 heavy (non-hydrogen) atoms. The van der Waals surface area contributed by atoms with Gasteiger partial charge < -0.3 is 10.1 Å². The summed E-state index contributed by atoms with van der Waals surface area (Å²) in [6.07, 6.45) is 11.6. The fourth-order valence-corrected chi connectivity index (χ4v) is 6.27. The highest BCUT2D eigenvalue weighted by Crippen LogP contribution is 2.34. The molecule has 1 atom stereocenters. The van der Waals surface area contributed by atoms with Gasteiger partial charge in [0.15, 0.2) is 0 Å². The summed E-state index contributed by atoms with van der Waals surface area (Å²) in [7, 11) is -2.27. The molecule has 1 aliphatic rings. The first-order valence-electron chi connectivity index (χ1n) is 13.5. The molecule has 7 nitrogen and oxygen atoms in total. The zero-order valence-corrected chi connectivity index (χ0v) is 23.2. The molecule has 0 radical (unpaired) electrons. The highest BCUT2D eigenvalue weighted by atomic mass is 32.2. The normalized spacial score (nSPS) is 15.0. The van der Waals surface area contributed by atoms with Crippen molar-refractivity contribution < 1.29 is 17.9 Å². The van der Waals surface area contributed by atoms with E-state index in [4.69, 9.17) is 4.74 Å². The molecule has 0 fully saturated rings. The summed E-state index contributed by atoms with van der Waals surface area (Å²) in [5.41, 5.74) is 0.900. The SMILES string of the molecule is CCCCCCCCCCCCN1C(C(C)C(=O)Nc2ccccc2OC)=Nc2ccccc2S1(=O)=O. The Balaban J connectivity index is 1.68. The zero-order chi connectivity index (χ0) is 26.7. The molecule has 1 amide bonds. The van der Waals surface area contributed by atoms with Crippen LogP contribution in [0.4, 0.5) is 11.4 Å². The van der Waals surface area contributed by atoms with Crippen molar-refractivity contribution in [3.63, 3.8) is 0 Å². The fourth-order valence-electron chi connectivity index (χ4n) is 4.59. The first-order chi connectivity index (χ1) is 17.9. The number of methoxy groups -OCH3 is 1. The van der Waals surface area contributed by atoms with E-state index in [-0.39, 0.29) is 16.6 Å². The summed E-state index contributed by atoms with van der Waals surface area (Å²) in [6, 6.07) is 13.8. The summed E-state index contributed by atoms with van der Waals surface area (Å²) in [5.74, 6) is -0.335. The number of hydrogen-bond acceptors (Lipinski definition) is 5. The van der Waals surface area contributed by atoms with Gasteiger partial charge in [-0.1, -0.05) is 89.0 Å². The van der Waals surface area contributed by atoms with Crippen molar-refractivity contribution in [1.82, 2.24) is 4.31 Å². The third-order valence-electron chi connectivity index (χ3n) is 6.78. The van der Waals surface area contributed by atoms with Crippen molar-refractivity contribution in [2.45, 2.75) is 83.0 Å². The van der Waals surface area contributed by atoms with Crippen LogP contribution >= 0.6 is 0 Å². The molecule has 1 aliphatic heterocycles. The Hall–Kier alpha value is -2.87. The Morgan fingerprint density at radius 3 is 2.19 bits per heavy atom. The Morgan fingerprint density at radius 1 is 0.919 bits per heavy atom.